The lowest BCUT2D eigenvalue weighted by Crippen LogP contribution is -2.20. The Labute approximate surface area is 129 Å². The number of hydrogen-bond donors (Lipinski definition) is 1. The Bertz CT molecular complexity index is 630. The fourth-order valence-corrected chi connectivity index (χ4v) is 3.68. The van der Waals surface area contributed by atoms with Gasteiger partial charge in [0.05, 0.1) is 21.1 Å². The summed E-state index contributed by atoms with van der Waals surface area (Å²) < 4.78 is 2.12. The van der Waals surface area contributed by atoms with Crippen LogP contribution in [-0.4, -0.2) is 9.55 Å². The SMILES string of the molecule is CC(C1CCCCC1)n1c(N)nc2cc(Cl)c(Cl)cc21. The molecule has 0 bridgehead atoms. The molecule has 1 aromatic heterocycles. The molecule has 1 heterocycles. The van der Waals surface area contributed by atoms with Crippen LogP contribution in [0.2, 0.25) is 10.0 Å². The smallest absolute Gasteiger partial charge is 0.201 e. The number of nitrogen functional groups attached to an aromatic ring is 1. The minimum atomic E-state index is 0.345. The minimum Gasteiger partial charge on any atom is -0.369 e. The summed E-state index contributed by atoms with van der Waals surface area (Å²) in [5, 5.41) is 1.07. The number of benzene rings is 1. The van der Waals surface area contributed by atoms with Gasteiger partial charge in [-0.3, -0.25) is 0 Å². The van der Waals surface area contributed by atoms with Gasteiger partial charge in [0.25, 0.3) is 0 Å². The molecule has 0 radical (unpaired) electrons. The molecule has 5 heteroatoms. The van der Waals surface area contributed by atoms with Crippen LogP contribution in [0.3, 0.4) is 0 Å². The highest BCUT2D eigenvalue weighted by Gasteiger charge is 2.24. The van der Waals surface area contributed by atoms with E-state index in [1.165, 1.54) is 32.1 Å². The molecule has 0 amide bonds. The van der Waals surface area contributed by atoms with Crippen LogP contribution in [0.25, 0.3) is 11.0 Å². The van der Waals surface area contributed by atoms with Crippen molar-refractivity contribution in [3.05, 3.63) is 22.2 Å². The Kier molecular flexibility index (Phi) is 3.83. The van der Waals surface area contributed by atoms with Gasteiger partial charge in [-0.15, -0.1) is 0 Å². The van der Waals surface area contributed by atoms with Crippen LogP contribution in [0.1, 0.15) is 45.1 Å². The molecule has 1 fully saturated rings. The summed E-state index contributed by atoms with van der Waals surface area (Å²) in [4.78, 5) is 4.43. The lowest BCUT2D eigenvalue weighted by Gasteiger charge is -2.29. The van der Waals surface area contributed by atoms with Gasteiger partial charge in [-0.2, -0.15) is 0 Å². The Morgan fingerprint density at radius 3 is 2.55 bits per heavy atom. The normalized spacial score (nSPS) is 18.6. The van der Waals surface area contributed by atoms with Crippen LogP contribution < -0.4 is 5.73 Å². The first kappa shape index (κ1) is 14.0. The first-order valence-corrected chi connectivity index (χ1v) is 7.96. The maximum atomic E-state index is 6.15. The fraction of sp³-hybridized carbons (Fsp3) is 0.533. The van der Waals surface area contributed by atoms with Crippen LogP contribution in [0, 0.1) is 5.92 Å². The van der Waals surface area contributed by atoms with E-state index < -0.39 is 0 Å². The van der Waals surface area contributed by atoms with E-state index in [9.17, 15) is 0 Å². The second kappa shape index (κ2) is 5.45. The standard InChI is InChI=1S/C15H19Cl2N3/c1-9(10-5-3-2-4-6-10)20-14-8-12(17)11(16)7-13(14)19-15(20)18/h7-10H,2-6H2,1H3,(H2,18,19). The second-order valence-corrected chi connectivity index (χ2v) is 6.55. The quantitative estimate of drug-likeness (QED) is 0.841. The van der Waals surface area contributed by atoms with Gasteiger partial charge in [0.2, 0.25) is 5.95 Å². The third-order valence-corrected chi connectivity index (χ3v) is 5.22. The van der Waals surface area contributed by atoms with Crippen molar-refractivity contribution in [3.8, 4) is 0 Å². The first-order chi connectivity index (χ1) is 9.58. The average Bonchev–Trinajstić information content (AvgIpc) is 2.75. The monoisotopic (exact) mass is 311 g/mol. The van der Waals surface area contributed by atoms with Gasteiger partial charge >= 0.3 is 0 Å². The Morgan fingerprint density at radius 2 is 1.85 bits per heavy atom. The van der Waals surface area contributed by atoms with Crippen LogP contribution in [0.15, 0.2) is 12.1 Å². The number of hydrogen-bond acceptors (Lipinski definition) is 2. The van der Waals surface area contributed by atoms with E-state index in [2.05, 4.69) is 16.5 Å². The van der Waals surface area contributed by atoms with Crippen molar-refractivity contribution in [1.29, 1.82) is 0 Å². The van der Waals surface area contributed by atoms with Gasteiger partial charge in [0, 0.05) is 6.04 Å². The van der Waals surface area contributed by atoms with E-state index in [-0.39, 0.29) is 0 Å². The van der Waals surface area contributed by atoms with E-state index in [0.29, 0.717) is 28.0 Å². The molecule has 0 aliphatic heterocycles. The zero-order chi connectivity index (χ0) is 14.3. The van der Waals surface area contributed by atoms with Crippen molar-refractivity contribution in [3.63, 3.8) is 0 Å². The fourth-order valence-electron chi connectivity index (χ4n) is 3.36. The van der Waals surface area contributed by atoms with Crippen molar-refractivity contribution in [2.75, 3.05) is 5.73 Å². The maximum Gasteiger partial charge on any atom is 0.201 e. The lowest BCUT2D eigenvalue weighted by atomic mass is 9.84. The molecule has 2 N–H and O–H groups in total. The molecule has 2 aromatic rings. The van der Waals surface area contributed by atoms with E-state index in [0.717, 1.165) is 11.0 Å². The summed E-state index contributed by atoms with van der Waals surface area (Å²) >= 11 is 12.2. The van der Waals surface area contributed by atoms with Crippen molar-refractivity contribution in [1.82, 2.24) is 9.55 Å². The topological polar surface area (TPSA) is 43.8 Å². The highest BCUT2D eigenvalue weighted by molar-refractivity contribution is 6.42. The largest absolute Gasteiger partial charge is 0.369 e. The highest BCUT2D eigenvalue weighted by atomic mass is 35.5. The zero-order valence-corrected chi connectivity index (χ0v) is 13.1. The number of nitrogens with two attached hydrogens (primary N) is 1. The Hall–Kier alpha value is -0.930. The molecule has 0 spiro atoms. The van der Waals surface area contributed by atoms with Gasteiger partial charge in [-0.1, -0.05) is 42.5 Å². The summed E-state index contributed by atoms with van der Waals surface area (Å²) in [6.45, 7) is 2.23. The molecule has 108 valence electrons. The molecule has 1 saturated carbocycles. The number of rotatable bonds is 2. The molecule has 1 aliphatic rings. The highest BCUT2D eigenvalue weighted by Crippen LogP contribution is 2.37. The molecule has 0 saturated heterocycles. The number of fused-ring (bicyclic) bond motifs is 1. The molecule has 20 heavy (non-hydrogen) atoms. The predicted molar refractivity (Wildman–Crippen MR) is 85.5 cm³/mol. The summed E-state index contributed by atoms with van der Waals surface area (Å²) in [6, 6.07) is 4.01. The number of nitrogens with zero attached hydrogens (tertiary/aromatic N) is 2. The molecular weight excluding hydrogens is 293 g/mol. The number of aromatic nitrogens is 2. The van der Waals surface area contributed by atoms with E-state index >= 15 is 0 Å². The summed E-state index contributed by atoms with van der Waals surface area (Å²) in [7, 11) is 0. The number of imidazole rings is 1. The van der Waals surface area contributed by atoms with Crippen molar-refractivity contribution >= 4 is 40.2 Å². The van der Waals surface area contributed by atoms with Crippen LogP contribution in [0.5, 0.6) is 0 Å². The van der Waals surface area contributed by atoms with Crippen LogP contribution in [0.4, 0.5) is 5.95 Å². The molecule has 1 atom stereocenters. The second-order valence-electron chi connectivity index (χ2n) is 5.73. The minimum absolute atomic E-state index is 0.345. The molecular formula is C15H19Cl2N3. The molecule has 1 aromatic carbocycles. The molecule has 3 rings (SSSR count). The lowest BCUT2D eigenvalue weighted by molar-refractivity contribution is 0.269. The Morgan fingerprint density at radius 1 is 1.20 bits per heavy atom. The van der Waals surface area contributed by atoms with E-state index in [1.54, 1.807) is 6.07 Å². The third-order valence-electron chi connectivity index (χ3n) is 4.50. The predicted octanol–water partition coefficient (Wildman–Crippen LogP) is 5.07. The maximum absolute atomic E-state index is 6.15. The molecule has 1 aliphatic carbocycles. The van der Waals surface area contributed by atoms with Crippen LogP contribution in [-0.2, 0) is 0 Å². The molecule has 1 unspecified atom stereocenters. The van der Waals surface area contributed by atoms with Crippen molar-refractivity contribution in [2.45, 2.75) is 45.1 Å². The number of anilines is 1. The number of halogens is 2. The zero-order valence-electron chi connectivity index (χ0n) is 11.6. The average molecular weight is 312 g/mol. The van der Waals surface area contributed by atoms with Gasteiger partial charge < -0.3 is 10.3 Å². The van der Waals surface area contributed by atoms with Gasteiger partial charge in [0.15, 0.2) is 0 Å². The third kappa shape index (κ3) is 2.38. The van der Waals surface area contributed by atoms with Crippen molar-refractivity contribution in [2.24, 2.45) is 5.92 Å². The summed E-state index contributed by atoms with van der Waals surface area (Å²) in [5.74, 6) is 1.22. The van der Waals surface area contributed by atoms with E-state index in [4.69, 9.17) is 28.9 Å². The van der Waals surface area contributed by atoms with Gasteiger partial charge in [-0.25, -0.2) is 4.98 Å². The molecule has 3 nitrogen and oxygen atoms in total. The van der Waals surface area contributed by atoms with Crippen LogP contribution >= 0.6 is 23.2 Å². The summed E-state index contributed by atoms with van der Waals surface area (Å²) in [6.07, 6.45) is 6.51. The Balaban J connectivity index is 2.05. The van der Waals surface area contributed by atoms with Crippen molar-refractivity contribution < 1.29 is 0 Å². The van der Waals surface area contributed by atoms with Gasteiger partial charge in [0.1, 0.15) is 0 Å². The first-order valence-electron chi connectivity index (χ1n) is 7.20. The summed E-state index contributed by atoms with van der Waals surface area (Å²) in [5.41, 5.74) is 7.93. The van der Waals surface area contributed by atoms with E-state index in [1.807, 2.05) is 6.07 Å². The van der Waals surface area contributed by atoms with Gasteiger partial charge in [-0.05, 0) is 37.8 Å².